The molecule has 3 rings (SSSR count). The summed E-state index contributed by atoms with van der Waals surface area (Å²) >= 11 is 3.02. The Balaban J connectivity index is 1.68. The van der Waals surface area contributed by atoms with Gasteiger partial charge < -0.3 is 10.2 Å². The standard InChI is InChI=1S/C21H30N4O2S2/c1-3-24(4-2)11-12-25-18-10-6-5-9-17(18)20(23-21(25)27)29-15-19(26)22-14-16-8-7-13-28-16/h7-8,13H,3-6,9-12,14-15H2,1-2H3,(H,22,26). The maximum atomic E-state index is 12.7. The Morgan fingerprint density at radius 3 is 2.83 bits per heavy atom. The van der Waals surface area contributed by atoms with Crippen LogP contribution in [0.15, 0.2) is 27.3 Å². The Morgan fingerprint density at radius 2 is 2.10 bits per heavy atom. The lowest BCUT2D eigenvalue weighted by Gasteiger charge is -2.24. The highest BCUT2D eigenvalue weighted by Crippen LogP contribution is 2.28. The maximum Gasteiger partial charge on any atom is 0.348 e. The molecular weight excluding hydrogens is 404 g/mol. The van der Waals surface area contributed by atoms with E-state index in [0.29, 0.717) is 13.1 Å². The van der Waals surface area contributed by atoms with Crippen LogP contribution in [0.3, 0.4) is 0 Å². The third-order valence-corrected chi connectivity index (χ3v) is 7.26. The van der Waals surface area contributed by atoms with Crippen LogP contribution in [0, 0.1) is 0 Å². The van der Waals surface area contributed by atoms with Gasteiger partial charge in [-0.25, -0.2) is 4.79 Å². The molecule has 29 heavy (non-hydrogen) atoms. The predicted octanol–water partition coefficient (Wildman–Crippen LogP) is 2.93. The number of rotatable bonds is 10. The Morgan fingerprint density at radius 1 is 1.31 bits per heavy atom. The van der Waals surface area contributed by atoms with Crippen molar-refractivity contribution in [2.75, 3.05) is 25.4 Å². The fourth-order valence-electron chi connectivity index (χ4n) is 3.66. The van der Waals surface area contributed by atoms with Gasteiger partial charge in [-0.15, -0.1) is 11.3 Å². The predicted molar refractivity (Wildman–Crippen MR) is 120 cm³/mol. The van der Waals surface area contributed by atoms with Gasteiger partial charge in [0.05, 0.1) is 12.3 Å². The van der Waals surface area contributed by atoms with Crippen molar-refractivity contribution in [2.45, 2.75) is 57.6 Å². The molecule has 158 valence electrons. The molecule has 0 aromatic carbocycles. The van der Waals surface area contributed by atoms with Crippen LogP contribution in [0.2, 0.25) is 0 Å². The van der Waals surface area contributed by atoms with Crippen molar-refractivity contribution in [1.29, 1.82) is 0 Å². The number of nitrogens with one attached hydrogen (secondary N) is 1. The second-order valence-corrected chi connectivity index (χ2v) is 9.15. The van der Waals surface area contributed by atoms with Crippen LogP contribution in [-0.2, 0) is 30.7 Å². The molecular formula is C21H30N4O2S2. The summed E-state index contributed by atoms with van der Waals surface area (Å²) in [4.78, 5) is 32.8. The van der Waals surface area contributed by atoms with E-state index in [1.165, 1.54) is 17.3 Å². The first-order valence-corrected chi connectivity index (χ1v) is 12.3. The molecule has 2 aromatic heterocycles. The molecule has 0 spiro atoms. The van der Waals surface area contributed by atoms with E-state index in [1.54, 1.807) is 11.3 Å². The van der Waals surface area contributed by atoms with E-state index in [2.05, 4.69) is 29.0 Å². The second-order valence-electron chi connectivity index (χ2n) is 7.16. The number of aromatic nitrogens is 2. The lowest BCUT2D eigenvalue weighted by molar-refractivity contribution is -0.118. The Bertz CT molecular complexity index is 860. The molecule has 0 saturated carbocycles. The van der Waals surface area contributed by atoms with Crippen molar-refractivity contribution in [3.8, 4) is 0 Å². The molecule has 0 bridgehead atoms. The Hall–Kier alpha value is -1.64. The lowest BCUT2D eigenvalue weighted by atomic mass is 9.97. The van der Waals surface area contributed by atoms with Gasteiger partial charge in [-0.2, -0.15) is 4.98 Å². The van der Waals surface area contributed by atoms with Crippen LogP contribution in [0.25, 0.3) is 0 Å². The van der Waals surface area contributed by atoms with Gasteiger partial charge in [-0.05, 0) is 50.2 Å². The van der Waals surface area contributed by atoms with Crippen molar-refractivity contribution in [1.82, 2.24) is 19.8 Å². The largest absolute Gasteiger partial charge is 0.350 e. The maximum absolute atomic E-state index is 12.7. The van der Waals surface area contributed by atoms with Gasteiger partial charge in [-0.3, -0.25) is 9.36 Å². The molecule has 0 radical (unpaired) electrons. The van der Waals surface area contributed by atoms with Crippen molar-refractivity contribution < 1.29 is 4.79 Å². The summed E-state index contributed by atoms with van der Waals surface area (Å²) in [5.74, 6) is 0.258. The average Bonchev–Trinajstić information content (AvgIpc) is 3.26. The van der Waals surface area contributed by atoms with Crippen LogP contribution in [0.4, 0.5) is 0 Å². The van der Waals surface area contributed by atoms with Crippen LogP contribution in [-0.4, -0.2) is 45.7 Å². The zero-order valence-corrected chi connectivity index (χ0v) is 18.9. The number of thioether (sulfide) groups is 1. The van der Waals surface area contributed by atoms with Crippen LogP contribution in [0.1, 0.15) is 42.8 Å². The lowest BCUT2D eigenvalue weighted by Crippen LogP contribution is -2.35. The number of hydrogen-bond donors (Lipinski definition) is 1. The molecule has 8 heteroatoms. The average molecular weight is 435 g/mol. The fourth-order valence-corrected chi connectivity index (χ4v) is 5.21. The minimum absolute atomic E-state index is 0.0273. The number of thiophene rings is 1. The summed E-state index contributed by atoms with van der Waals surface area (Å²) in [6, 6.07) is 3.99. The third kappa shape index (κ3) is 5.93. The first kappa shape index (κ1) is 22.1. The minimum Gasteiger partial charge on any atom is -0.350 e. The van der Waals surface area contributed by atoms with Crippen LogP contribution < -0.4 is 11.0 Å². The molecule has 2 aromatic rings. The van der Waals surface area contributed by atoms with Gasteiger partial charge in [-0.1, -0.05) is 31.7 Å². The topological polar surface area (TPSA) is 67.2 Å². The molecule has 1 N–H and O–H groups in total. The number of hydrogen-bond acceptors (Lipinski definition) is 6. The highest BCUT2D eigenvalue weighted by atomic mass is 32.2. The van der Waals surface area contributed by atoms with E-state index in [-0.39, 0.29) is 17.3 Å². The molecule has 6 nitrogen and oxygen atoms in total. The van der Waals surface area contributed by atoms with Gasteiger partial charge in [0.2, 0.25) is 5.91 Å². The first-order chi connectivity index (χ1) is 14.1. The smallest absolute Gasteiger partial charge is 0.348 e. The number of carbonyl (C=O) groups is 1. The van der Waals surface area contributed by atoms with E-state index in [0.717, 1.165) is 60.9 Å². The summed E-state index contributed by atoms with van der Waals surface area (Å²) in [5, 5.41) is 5.69. The third-order valence-electron chi connectivity index (χ3n) is 5.36. The normalized spacial score (nSPS) is 13.5. The van der Waals surface area contributed by atoms with E-state index >= 15 is 0 Å². The van der Waals surface area contributed by atoms with Crippen molar-refractivity contribution in [3.63, 3.8) is 0 Å². The molecule has 0 unspecified atom stereocenters. The minimum atomic E-state index is -0.181. The number of nitrogens with zero attached hydrogens (tertiary/aromatic N) is 3. The fraction of sp³-hybridized carbons (Fsp3) is 0.571. The number of carbonyl (C=O) groups excluding carboxylic acids is 1. The SMILES string of the molecule is CCN(CC)CCn1c2c(c(SCC(=O)NCc3cccs3)nc1=O)CCCC2. The molecule has 0 saturated heterocycles. The quantitative estimate of drug-likeness (QED) is 0.460. The van der Waals surface area contributed by atoms with Gasteiger partial charge >= 0.3 is 5.69 Å². The summed E-state index contributed by atoms with van der Waals surface area (Å²) in [7, 11) is 0. The molecule has 0 atom stereocenters. The molecule has 0 fully saturated rings. The number of likely N-dealkylation sites (N-methyl/N-ethyl adjacent to an activating group) is 1. The molecule has 2 heterocycles. The Kier molecular flexibility index (Phi) is 8.32. The van der Waals surface area contributed by atoms with E-state index in [4.69, 9.17) is 0 Å². The molecule has 1 aliphatic rings. The summed E-state index contributed by atoms with van der Waals surface area (Å²) in [6.07, 6.45) is 4.07. The zero-order chi connectivity index (χ0) is 20.6. The van der Waals surface area contributed by atoms with Crippen molar-refractivity contribution in [3.05, 3.63) is 44.1 Å². The number of amides is 1. The van der Waals surface area contributed by atoms with Gasteiger partial charge in [0.15, 0.2) is 0 Å². The summed E-state index contributed by atoms with van der Waals surface area (Å²) in [6.45, 7) is 8.34. The monoisotopic (exact) mass is 434 g/mol. The van der Waals surface area contributed by atoms with Crippen LogP contribution in [0.5, 0.6) is 0 Å². The van der Waals surface area contributed by atoms with E-state index in [9.17, 15) is 9.59 Å². The van der Waals surface area contributed by atoms with E-state index in [1.807, 2.05) is 22.1 Å². The highest BCUT2D eigenvalue weighted by Gasteiger charge is 2.21. The second kappa shape index (κ2) is 10.9. The Labute approximate surface area is 180 Å². The summed E-state index contributed by atoms with van der Waals surface area (Å²) < 4.78 is 1.87. The summed E-state index contributed by atoms with van der Waals surface area (Å²) in [5.41, 5.74) is 2.12. The van der Waals surface area contributed by atoms with Crippen LogP contribution >= 0.6 is 23.1 Å². The van der Waals surface area contributed by atoms with Crippen molar-refractivity contribution in [2.24, 2.45) is 0 Å². The van der Waals surface area contributed by atoms with Gasteiger partial charge in [0, 0.05) is 29.2 Å². The molecule has 0 aliphatic heterocycles. The van der Waals surface area contributed by atoms with Gasteiger partial charge in [0.1, 0.15) is 5.03 Å². The number of fused-ring (bicyclic) bond motifs is 1. The zero-order valence-electron chi connectivity index (χ0n) is 17.3. The van der Waals surface area contributed by atoms with Gasteiger partial charge in [0.25, 0.3) is 0 Å². The molecule has 1 aliphatic carbocycles. The first-order valence-electron chi connectivity index (χ1n) is 10.4. The molecule has 1 amide bonds. The van der Waals surface area contributed by atoms with Crippen molar-refractivity contribution >= 4 is 29.0 Å². The highest BCUT2D eigenvalue weighted by molar-refractivity contribution is 7.99. The van der Waals surface area contributed by atoms with E-state index < -0.39 is 0 Å².